The molecule has 15 nitrogen and oxygen atoms in total. The third-order valence-electron chi connectivity index (χ3n) is 13.3. The number of fused-ring (bicyclic) bond motifs is 1. The Balaban J connectivity index is 0.709. The van der Waals surface area contributed by atoms with Gasteiger partial charge in [0.1, 0.15) is 17.6 Å². The number of carbonyl (C=O) groups is 5. The minimum atomic E-state index is -1.10. The van der Waals surface area contributed by atoms with Gasteiger partial charge in [-0.1, -0.05) is 17.7 Å². The van der Waals surface area contributed by atoms with Crippen molar-refractivity contribution in [2.45, 2.75) is 88.4 Å². The molecule has 5 fully saturated rings. The molecule has 1 atom stereocenters. The molecule has 2 aromatic carbocycles. The van der Waals surface area contributed by atoms with Crippen molar-refractivity contribution in [1.29, 1.82) is 0 Å². The third kappa shape index (κ3) is 7.64. The van der Waals surface area contributed by atoms with Crippen LogP contribution in [0.5, 0.6) is 5.75 Å². The van der Waals surface area contributed by atoms with Gasteiger partial charge in [0.15, 0.2) is 11.5 Å². The van der Waals surface area contributed by atoms with Crippen molar-refractivity contribution < 1.29 is 33.1 Å². The molecule has 0 bridgehead atoms. The van der Waals surface area contributed by atoms with Crippen molar-refractivity contribution in [1.82, 2.24) is 30.6 Å². The lowest BCUT2D eigenvalue weighted by Gasteiger charge is -2.57. The normalized spacial score (nSPS) is 24.5. The van der Waals surface area contributed by atoms with Crippen molar-refractivity contribution in [3.8, 4) is 5.75 Å². The van der Waals surface area contributed by atoms with E-state index in [1.807, 2.05) is 11.0 Å². The maximum Gasteiger partial charge on any atom is 0.272 e. The zero-order chi connectivity index (χ0) is 41.7. The molecule has 60 heavy (non-hydrogen) atoms. The Labute approximate surface area is 351 Å². The van der Waals surface area contributed by atoms with Crippen LogP contribution in [0, 0.1) is 17.8 Å². The standard InChI is InChI=1S/C43H45ClFN9O6/c1-46-33-7-6-28(20-31(33)44)60-27-4-2-25(3-5-27)47-39(56)34-8-10-37(50-49-34)52-18-14-43(15-19-52)23-53(24-43)26-12-16-51(17-13-26)36-22-30-29(21-32(36)45)41(58)54(42(30)59)35-9-11-38(55)48-40(35)57/h6-8,10,20-22,25-27,35H,2-5,9,11-19,23-24H2,(H,47,56)(H,48,55,57). The third-order valence-corrected chi connectivity index (χ3v) is 13.6. The van der Waals surface area contributed by atoms with Crippen LogP contribution in [-0.4, -0.2) is 113 Å². The van der Waals surface area contributed by atoms with Crippen molar-refractivity contribution in [2.75, 3.05) is 49.1 Å². The van der Waals surface area contributed by atoms with E-state index in [9.17, 15) is 24.0 Å². The van der Waals surface area contributed by atoms with Gasteiger partial charge in [0.05, 0.1) is 34.5 Å². The second-order valence-electron chi connectivity index (χ2n) is 17.0. The first kappa shape index (κ1) is 39.8. The molecule has 1 spiro atoms. The molecular weight excluding hydrogens is 793 g/mol. The van der Waals surface area contributed by atoms with Crippen molar-refractivity contribution >= 4 is 58.3 Å². The van der Waals surface area contributed by atoms with Crippen molar-refractivity contribution in [3.05, 3.63) is 81.5 Å². The molecule has 4 saturated heterocycles. The van der Waals surface area contributed by atoms with Gasteiger partial charge in [-0.2, -0.15) is 0 Å². The fourth-order valence-corrected chi connectivity index (χ4v) is 10.0. The number of imide groups is 2. The van der Waals surface area contributed by atoms with Crippen LogP contribution in [-0.2, 0) is 9.59 Å². The second-order valence-corrected chi connectivity index (χ2v) is 17.4. The first-order chi connectivity index (χ1) is 29.0. The lowest BCUT2D eigenvalue weighted by Crippen LogP contribution is -2.64. The van der Waals surface area contributed by atoms with Gasteiger partial charge >= 0.3 is 0 Å². The number of nitrogens with zero attached hydrogens (tertiary/aromatic N) is 7. The van der Waals surface area contributed by atoms with E-state index in [4.69, 9.17) is 22.9 Å². The number of rotatable bonds is 8. The highest BCUT2D eigenvalue weighted by Crippen LogP contribution is 2.44. The Hall–Kier alpha value is -5.66. The van der Waals surface area contributed by atoms with Gasteiger partial charge in [0.25, 0.3) is 17.7 Å². The van der Waals surface area contributed by atoms with E-state index in [1.54, 1.807) is 24.3 Å². The molecule has 1 aromatic heterocycles. The van der Waals surface area contributed by atoms with Gasteiger partial charge in [0.2, 0.25) is 17.5 Å². The highest BCUT2D eigenvalue weighted by atomic mass is 35.5. The van der Waals surface area contributed by atoms with Crippen LogP contribution >= 0.6 is 11.6 Å². The summed E-state index contributed by atoms with van der Waals surface area (Å²) < 4.78 is 21.6. The molecule has 17 heteroatoms. The first-order valence-corrected chi connectivity index (χ1v) is 21.1. The second kappa shape index (κ2) is 16.1. The molecule has 1 saturated carbocycles. The molecular formula is C43H45ClFN9O6. The summed E-state index contributed by atoms with van der Waals surface area (Å²) in [5.41, 5.74) is 1.23. The van der Waals surface area contributed by atoms with Gasteiger partial charge in [0, 0.05) is 57.8 Å². The molecule has 5 aliphatic heterocycles. The number of halogens is 2. The summed E-state index contributed by atoms with van der Waals surface area (Å²) in [6.45, 7) is 12.1. The Bertz CT molecular complexity index is 2270. The maximum absolute atomic E-state index is 15.5. The monoisotopic (exact) mass is 837 g/mol. The molecule has 312 valence electrons. The van der Waals surface area contributed by atoms with Crippen LogP contribution in [0.4, 0.5) is 21.6 Å². The van der Waals surface area contributed by atoms with Gasteiger partial charge in [-0.25, -0.2) is 9.24 Å². The molecule has 3 aromatic rings. The van der Waals surface area contributed by atoms with Gasteiger partial charge in [-0.05, 0) is 99.6 Å². The number of likely N-dealkylation sites (tertiary alicyclic amines) is 1. The Morgan fingerprint density at radius 1 is 0.883 bits per heavy atom. The summed E-state index contributed by atoms with van der Waals surface area (Å²) in [6, 6.07) is 10.6. The maximum atomic E-state index is 15.5. The minimum Gasteiger partial charge on any atom is -0.490 e. The Kier molecular flexibility index (Phi) is 10.7. The van der Waals surface area contributed by atoms with Crippen LogP contribution in [0.25, 0.3) is 4.85 Å². The van der Waals surface area contributed by atoms with Crippen molar-refractivity contribution in [3.63, 3.8) is 0 Å². The number of hydrogen-bond acceptors (Lipinski definition) is 11. The average molecular weight is 838 g/mol. The van der Waals surface area contributed by atoms with E-state index in [2.05, 4.69) is 35.5 Å². The first-order valence-electron chi connectivity index (χ1n) is 20.7. The zero-order valence-corrected chi connectivity index (χ0v) is 33.8. The SMILES string of the molecule is [C-]#[N+]c1ccc(OC2CCC(NC(=O)c3ccc(N4CCC5(CC4)CN(C4CCN(c6cc7c(cc6F)C(=O)N(C6CCC(=O)NC6=O)C7=O)CC4)C5)nn3)CC2)cc1Cl. The van der Waals surface area contributed by atoms with E-state index in [1.165, 1.54) is 6.07 Å². The summed E-state index contributed by atoms with van der Waals surface area (Å²) in [6.07, 6.45) is 6.95. The zero-order valence-electron chi connectivity index (χ0n) is 33.0. The van der Waals surface area contributed by atoms with Crippen molar-refractivity contribution in [2.24, 2.45) is 5.41 Å². The smallest absolute Gasteiger partial charge is 0.272 e. The molecule has 9 rings (SSSR count). The van der Waals surface area contributed by atoms with E-state index < -0.39 is 35.5 Å². The Morgan fingerprint density at radius 3 is 2.25 bits per heavy atom. The lowest BCUT2D eigenvalue weighted by atomic mass is 9.71. The number of aromatic nitrogens is 2. The van der Waals surface area contributed by atoms with Crippen LogP contribution < -0.4 is 25.2 Å². The average Bonchev–Trinajstić information content (AvgIpc) is 3.47. The number of benzene rings is 2. The Morgan fingerprint density at radius 2 is 1.60 bits per heavy atom. The van der Waals surface area contributed by atoms with E-state index in [0.717, 1.165) is 94.3 Å². The molecule has 0 radical (unpaired) electrons. The predicted octanol–water partition coefficient (Wildman–Crippen LogP) is 4.91. The molecule has 6 aliphatic rings. The number of carbonyl (C=O) groups excluding carboxylic acids is 5. The number of ether oxygens (including phenoxy) is 1. The minimum absolute atomic E-state index is 0.0153. The molecule has 6 heterocycles. The van der Waals surface area contributed by atoms with E-state index in [-0.39, 0.29) is 53.1 Å². The topological polar surface area (TPSA) is 162 Å². The summed E-state index contributed by atoms with van der Waals surface area (Å²) >= 11 is 6.16. The predicted molar refractivity (Wildman–Crippen MR) is 218 cm³/mol. The quantitative estimate of drug-likeness (QED) is 0.234. The summed E-state index contributed by atoms with van der Waals surface area (Å²) in [5.74, 6) is -1.92. The number of hydrogen-bond donors (Lipinski definition) is 2. The van der Waals surface area contributed by atoms with Crippen LogP contribution in [0.3, 0.4) is 0 Å². The number of nitrogens with one attached hydrogen (secondary N) is 2. The number of amides is 5. The van der Waals surface area contributed by atoms with E-state index in [0.29, 0.717) is 41.3 Å². The van der Waals surface area contributed by atoms with Crippen LogP contribution in [0.15, 0.2) is 42.5 Å². The van der Waals surface area contributed by atoms with Crippen LogP contribution in [0.2, 0.25) is 5.02 Å². The van der Waals surface area contributed by atoms with Gasteiger partial charge in [-0.15, -0.1) is 10.2 Å². The molecule has 1 unspecified atom stereocenters. The summed E-state index contributed by atoms with van der Waals surface area (Å²) in [5, 5.41) is 14.4. The van der Waals surface area contributed by atoms with Gasteiger partial charge in [-0.3, -0.25) is 39.1 Å². The summed E-state index contributed by atoms with van der Waals surface area (Å²) in [4.78, 5) is 74.5. The number of piperidine rings is 3. The highest BCUT2D eigenvalue weighted by molar-refractivity contribution is 6.33. The highest BCUT2D eigenvalue weighted by Gasteiger charge is 2.48. The number of anilines is 2. The molecule has 1 aliphatic carbocycles. The van der Waals surface area contributed by atoms with E-state index >= 15 is 4.39 Å². The fraction of sp³-hybridized carbons (Fsp3) is 0.488. The summed E-state index contributed by atoms with van der Waals surface area (Å²) in [7, 11) is 0. The molecule has 2 N–H and O–H groups in total. The fourth-order valence-electron chi connectivity index (χ4n) is 9.84. The lowest BCUT2D eigenvalue weighted by molar-refractivity contribution is -0.136. The molecule has 5 amide bonds. The largest absolute Gasteiger partial charge is 0.490 e. The van der Waals surface area contributed by atoms with Gasteiger partial charge < -0.3 is 19.9 Å². The van der Waals surface area contributed by atoms with Crippen LogP contribution in [0.1, 0.15) is 95.4 Å².